The molecule has 6 heterocycles. The highest BCUT2D eigenvalue weighted by Gasteiger charge is 2.51. The number of rotatable bonds is 18. The number of β-amino-alcohol motifs (C(OH)–C–C–N with tert-alkyl or cyclic N) is 3. The minimum absolute atomic E-state index is 0.0139. The van der Waals surface area contributed by atoms with Gasteiger partial charge in [0.1, 0.15) is 35.5 Å². The number of carbonyl (C=O) groups is 3. The van der Waals surface area contributed by atoms with Crippen molar-refractivity contribution >= 4 is 17.7 Å². The molecule has 15 rings (SSSR count). The molecule has 3 fully saturated rings. The SMILES string of the molecule is CC(C)Oc1ccc(-c2ccnc(-c3cccc4c3CC[C@]43CC(=O)N(CCO)C3)n2)cc1C#N.CC(C)Oc1ccc(-c2cnc(-c3cccc4c3CC[C@@]43CC(=O)N(CCO)C3)cn2)cc1C#N.CC(C)Oc1ccc(-c2cnc(-c3cccc4c3CC[C@]43CC(=O)N(CCO)C3)cn2)cc1C#N. The molecule has 3 amide bonds. The molecule has 3 spiro atoms. The van der Waals surface area contributed by atoms with Gasteiger partial charge in [-0.1, -0.05) is 54.6 Å². The number of hydrogen-bond acceptors (Lipinski definition) is 18. The van der Waals surface area contributed by atoms with Crippen LogP contribution in [0.15, 0.2) is 146 Å². The molecule has 3 saturated heterocycles. The normalized spacial score (nSPS) is 18.8. The Hall–Kier alpha value is -11.3. The van der Waals surface area contributed by atoms with Gasteiger partial charge < -0.3 is 44.2 Å². The number of amides is 3. The second-order valence-corrected chi connectivity index (χ2v) is 28.8. The van der Waals surface area contributed by atoms with Crippen LogP contribution in [0, 0.1) is 34.0 Å². The summed E-state index contributed by atoms with van der Waals surface area (Å²) in [6.07, 6.45) is 15.5. The number of nitrogens with zero attached hydrogens (tertiary/aromatic N) is 12. The average molecular weight is 1410 g/mol. The van der Waals surface area contributed by atoms with Gasteiger partial charge >= 0.3 is 0 Å². The molecule has 6 aliphatic rings. The predicted molar refractivity (Wildman–Crippen MR) is 395 cm³/mol. The summed E-state index contributed by atoms with van der Waals surface area (Å²) >= 11 is 0. The van der Waals surface area contributed by atoms with Crippen molar-refractivity contribution in [2.75, 3.05) is 59.1 Å². The molecule has 21 nitrogen and oxygen atoms in total. The number of fused-ring (bicyclic) bond motifs is 6. The number of hydrogen-bond donors (Lipinski definition) is 3. The van der Waals surface area contributed by atoms with E-state index in [0.29, 0.717) is 110 Å². The van der Waals surface area contributed by atoms with Crippen LogP contribution in [0.2, 0.25) is 0 Å². The zero-order chi connectivity index (χ0) is 73.7. The van der Waals surface area contributed by atoms with Crippen LogP contribution in [0.1, 0.15) is 130 Å². The van der Waals surface area contributed by atoms with Gasteiger partial charge in [0.05, 0.1) is 108 Å². The number of aliphatic hydroxyl groups excluding tert-OH is 3. The second-order valence-electron chi connectivity index (χ2n) is 28.8. The van der Waals surface area contributed by atoms with E-state index >= 15 is 0 Å². The molecule has 3 atom stereocenters. The lowest BCUT2D eigenvalue weighted by Crippen LogP contribution is -2.32. The third-order valence-electron chi connectivity index (χ3n) is 20.9. The van der Waals surface area contributed by atoms with Crippen molar-refractivity contribution in [1.82, 2.24) is 44.6 Å². The third kappa shape index (κ3) is 14.6. The number of likely N-dealkylation sites (tertiary alicyclic amines) is 3. The maximum atomic E-state index is 12.6. The van der Waals surface area contributed by atoms with Gasteiger partial charge in [-0.05, 0) is 174 Å². The minimum Gasteiger partial charge on any atom is -0.490 e. The number of aliphatic hydroxyl groups is 3. The molecular formula is C84H84N12O9. The molecule has 3 aliphatic heterocycles. The predicted octanol–water partition coefficient (Wildman–Crippen LogP) is 11.6. The van der Waals surface area contributed by atoms with Crippen molar-refractivity contribution in [3.05, 3.63) is 196 Å². The number of benzene rings is 6. The summed E-state index contributed by atoms with van der Waals surface area (Å²) in [5.74, 6) is 2.65. The summed E-state index contributed by atoms with van der Waals surface area (Å²) in [6.45, 7) is 14.6. The third-order valence-corrected chi connectivity index (χ3v) is 20.9. The summed E-state index contributed by atoms with van der Waals surface area (Å²) in [5, 5.41) is 56.6. The van der Waals surface area contributed by atoms with Crippen molar-refractivity contribution < 1.29 is 43.9 Å². The van der Waals surface area contributed by atoms with Crippen LogP contribution in [0.3, 0.4) is 0 Å². The van der Waals surface area contributed by atoms with E-state index in [1.165, 1.54) is 33.4 Å². The number of nitriles is 3. The van der Waals surface area contributed by atoms with Crippen molar-refractivity contribution in [3.8, 4) is 103 Å². The summed E-state index contributed by atoms with van der Waals surface area (Å²) in [7, 11) is 0. The maximum Gasteiger partial charge on any atom is 0.223 e. The highest BCUT2D eigenvalue weighted by Crippen LogP contribution is 2.52. The Bertz CT molecular complexity index is 4720. The lowest BCUT2D eigenvalue weighted by molar-refractivity contribution is -0.128. The minimum atomic E-state index is -0.205. The molecule has 9 aromatic rings. The molecule has 0 bridgehead atoms. The summed E-state index contributed by atoms with van der Waals surface area (Å²) < 4.78 is 17.2. The van der Waals surface area contributed by atoms with Crippen molar-refractivity contribution in [2.45, 2.75) is 134 Å². The fourth-order valence-corrected chi connectivity index (χ4v) is 16.3. The van der Waals surface area contributed by atoms with Gasteiger partial charge in [0.15, 0.2) is 5.82 Å². The van der Waals surface area contributed by atoms with Gasteiger partial charge in [-0.25, -0.2) is 9.97 Å². The molecule has 534 valence electrons. The van der Waals surface area contributed by atoms with E-state index in [-0.39, 0.29) is 72.1 Å². The summed E-state index contributed by atoms with van der Waals surface area (Å²) in [6, 6.07) is 43.6. The number of ether oxygens (including phenoxy) is 3. The van der Waals surface area contributed by atoms with E-state index in [4.69, 9.17) is 29.2 Å². The molecule has 3 aromatic heterocycles. The molecule has 3 aliphatic carbocycles. The fraction of sp³-hybridized carbons (Fsp3) is 0.357. The van der Waals surface area contributed by atoms with E-state index in [0.717, 1.165) is 89.0 Å². The first-order chi connectivity index (χ1) is 50.8. The smallest absolute Gasteiger partial charge is 0.223 e. The molecule has 0 unspecified atom stereocenters. The lowest BCUT2D eigenvalue weighted by atomic mass is 9.80. The quantitative estimate of drug-likeness (QED) is 0.0719. The van der Waals surface area contributed by atoms with E-state index in [1.807, 2.05) is 96.1 Å². The van der Waals surface area contributed by atoms with Crippen LogP contribution in [-0.2, 0) is 49.9 Å². The zero-order valence-corrected chi connectivity index (χ0v) is 60.0. The Kier molecular flexibility index (Phi) is 21.0. The van der Waals surface area contributed by atoms with Crippen LogP contribution in [0.25, 0.3) is 67.7 Å². The largest absolute Gasteiger partial charge is 0.490 e. The van der Waals surface area contributed by atoms with E-state index in [2.05, 4.69) is 63.5 Å². The molecule has 105 heavy (non-hydrogen) atoms. The number of carbonyl (C=O) groups excluding carboxylic acids is 3. The fourth-order valence-electron chi connectivity index (χ4n) is 16.3. The summed E-state index contributed by atoms with van der Waals surface area (Å²) in [4.78, 5) is 71.2. The Morgan fingerprint density at radius 3 is 1.10 bits per heavy atom. The monoisotopic (exact) mass is 1400 g/mol. The Morgan fingerprint density at radius 1 is 0.429 bits per heavy atom. The first kappa shape index (κ1) is 72.1. The first-order valence-corrected chi connectivity index (χ1v) is 36.0. The van der Waals surface area contributed by atoms with Crippen LogP contribution in [0.5, 0.6) is 17.2 Å². The maximum absolute atomic E-state index is 12.6. The van der Waals surface area contributed by atoms with Crippen LogP contribution < -0.4 is 14.2 Å². The highest BCUT2D eigenvalue weighted by atomic mass is 16.5. The number of aromatic nitrogens is 6. The van der Waals surface area contributed by atoms with Gasteiger partial charge in [-0.3, -0.25) is 34.3 Å². The van der Waals surface area contributed by atoms with Crippen molar-refractivity contribution in [1.29, 1.82) is 15.8 Å². The van der Waals surface area contributed by atoms with Gasteiger partial charge in [-0.2, -0.15) is 15.8 Å². The van der Waals surface area contributed by atoms with Crippen LogP contribution in [0.4, 0.5) is 0 Å². The molecule has 0 saturated carbocycles. The zero-order valence-electron chi connectivity index (χ0n) is 60.0. The molecular weight excluding hydrogens is 1320 g/mol. The standard InChI is InChI=1S/3C28H28N4O3/c1-18(2)35-25-7-6-19(14-20(25)16-29)24-9-11-30-27(31-24)22-4-3-5-23-21(22)8-10-28(23)15-26(34)32(17-28)12-13-33;2*1-18(2)35-26-7-6-19(12-20(26)14-29)24-15-31-25(16-30-24)22-4-3-5-23-21(22)8-9-28(23)13-27(34)32(17-28)10-11-33/h3-7,9,11,14,18,33H,8,10,12-13,15,17H2,1-2H3;2*3-7,12,15-16,18,33H,8-11,13,17H2,1-2H3/t3*28-/m110/s1. The average Bonchev–Trinajstić information content (AvgIpc) is 1.60. The lowest BCUT2D eigenvalue weighted by Gasteiger charge is -2.25. The van der Waals surface area contributed by atoms with E-state index in [1.54, 1.807) is 76.0 Å². The second kappa shape index (κ2) is 30.6. The van der Waals surface area contributed by atoms with Gasteiger partial charge in [0, 0.05) is 114 Å². The van der Waals surface area contributed by atoms with Gasteiger partial charge in [0.25, 0.3) is 0 Å². The Balaban J connectivity index is 0.000000140. The molecule has 21 heteroatoms. The van der Waals surface area contributed by atoms with E-state index < -0.39 is 0 Å². The molecule has 0 radical (unpaired) electrons. The van der Waals surface area contributed by atoms with Crippen molar-refractivity contribution in [2.24, 2.45) is 0 Å². The Morgan fingerprint density at radius 2 is 0.762 bits per heavy atom. The Labute approximate surface area is 611 Å². The first-order valence-electron chi connectivity index (χ1n) is 36.0. The topological polar surface area (TPSA) is 298 Å². The highest BCUT2D eigenvalue weighted by molar-refractivity contribution is 5.85. The van der Waals surface area contributed by atoms with Crippen LogP contribution >= 0.6 is 0 Å². The molecule has 3 N–H and O–H groups in total. The van der Waals surface area contributed by atoms with Gasteiger partial charge in [-0.15, -0.1) is 0 Å². The van der Waals surface area contributed by atoms with Crippen LogP contribution in [-0.4, -0.2) is 155 Å². The van der Waals surface area contributed by atoms with Gasteiger partial charge in [0.2, 0.25) is 17.7 Å². The van der Waals surface area contributed by atoms with Crippen molar-refractivity contribution in [3.63, 3.8) is 0 Å². The van der Waals surface area contributed by atoms with E-state index in [9.17, 15) is 45.5 Å². The summed E-state index contributed by atoms with van der Waals surface area (Å²) in [5.41, 5.74) is 17.3. The molecule has 6 aromatic carbocycles.